The fraction of sp³-hybridized carbons (Fsp3) is 0.667. The molecule has 0 radical (unpaired) electrons. The lowest BCUT2D eigenvalue weighted by Crippen LogP contribution is -2.34. The zero-order valence-electron chi connectivity index (χ0n) is 11.9. The topological polar surface area (TPSA) is 84.4 Å². The largest absolute Gasteiger partial charge is 0.472 e. The van der Waals surface area contributed by atoms with Crippen LogP contribution in [0.3, 0.4) is 0 Å². The van der Waals surface area contributed by atoms with Crippen LogP contribution in [0.25, 0.3) is 0 Å². The average molecular weight is 300 g/mol. The first-order valence-electron chi connectivity index (χ1n) is 6.59. The van der Waals surface area contributed by atoms with Gasteiger partial charge in [-0.05, 0) is 27.3 Å². The summed E-state index contributed by atoms with van der Waals surface area (Å²) in [6.45, 7) is 4.85. The molecule has 0 aliphatic carbocycles. The minimum Gasteiger partial charge on any atom is -0.472 e. The number of aromatic nitrogens is 2. The molecule has 0 saturated carbocycles. The maximum absolute atomic E-state index is 11.8. The summed E-state index contributed by atoms with van der Waals surface area (Å²) in [6, 6.07) is 0. The zero-order valence-corrected chi connectivity index (χ0v) is 12.7. The number of hydrogen-bond donors (Lipinski definition) is 1. The molecule has 8 heteroatoms. The number of rotatable bonds is 5. The quantitative estimate of drug-likeness (QED) is 0.847. The van der Waals surface area contributed by atoms with Crippen LogP contribution in [-0.4, -0.2) is 49.9 Å². The van der Waals surface area contributed by atoms with Gasteiger partial charge in [0, 0.05) is 25.5 Å². The standard InChI is InChI=1S/C12H20N4O3S/c1-9(2)19-12-11(14-5-6-15-12)16-7-4-10(8-16)20(17,18)13-3/h5-6,9-10,13H,4,7-8H2,1-3H3. The van der Waals surface area contributed by atoms with Crippen LogP contribution in [0.1, 0.15) is 20.3 Å². The Hall–Kier alpha value is -1.41. The number of hydrogen-bond acceptors (Lipinski definition) is 6. The third kappa shape index (κ3) is 3.18. The number of ether oxygens (including phenoxy) is 1. The molecule has 1 aliphatic rings. The van der Waals surface area contributed by atoms with Crippen LogP contribution in [0.15, 0.2) is 12.4 Å². The highest BCUT2D eigenvalue weighted by molar-refractivity contribution is 7.90. The van der Waals surface area contributed by atoms with Gasteiger partial charge in [0.1, 0.15) is 0 Å². The van der Waals surface area contributed by atoms with Crippen molar-refractivity contribution < 1.29 is 13.2 Å². The second kappa shape index (κ2) is 5.92. The lowest BCUT2D eigenvalue weighted by Gasteiger charge is -2.20. The highest BCUT2D eigenvalue weighted by atomic mass is 32.2. The Balaban J connectivity index is 2.18. The van der Waals surface area contributed by atoms with Crippen molar-refractivity contribution in [1.29, 1.82) is 0 Å². The van der Waals surface area contributed by atoms with Crippen molar-refractivity contribution in [1.82, 2.24) is 14.7 Å². The Bertz CT molecular complexity index is 562. The molecule has 7 nitrogen and oxygen atoms in total. The van der Waals surface area contributed by atoms with Gasteiger partial charge in [-0.25, -0.2) is 23.1 Å². The van der Waals surface area contributed by atoms with Gasteiger partial charge in [0.05, 0.1) is 11.4 Å². The first-order valence-corrected chi connectivity index (χ1v) is 8.13. The van der Waals surface area contributed by atoms with Crippen molar-refractivity contribution in [2.45, 2.75) is 31.6 Å². The number of nitrogens with one attached hydrogen (secondary N) is 1. The van der Waals surface area contributed by atoms with Crippen LogP contribution in [0.4, 0.5) is 5.82 Å². The van der Waals surface area contributed by atoms with E-state index < -0.39 is 15.3 Å². The minimum absolute atomic E-state index is 0.00936. The Morgan fingerprint density at radius 3 is 2.75 bits per heavy atom. The predicted octanol–water partition coefficient (Wildman–Crippen LogP) is 0.392. The molecule has 0 spiro atoms. The molecule has 112 valence electrons. The monoisotopic (exact) mass is 300 g/mol. The molecule has 1 aromatic heterocycles. The minimum atomic E-state index is -3.26. The Kier molecular flexibility index (Phi) is 4.44. The molecule has 1 atom stereocenters. The first kappa shape index (κ1) is 15.0. The summed E-state index contributed by atoms with van der Waals surface area (Å²) in [5.74, 6) is 1.06. The van der Waals surface area contributed by atoms with E-state index in [2.05, 4.69) is 14.7 Å². The van der Waals surface area contributed by atoms with Gasteiger partial charge in [-0.15, -0.1) is 0 Å². The van der Waals surface area contributed by atoms with Crippen molar-refractivity contribution in [3.63, 3.8) is 0 Å². The van der Waals surface area contributed by atoms with E-state index in [1.165, 1.54) is 7.05 Å². The highest BCUT2D eigenvalue weighted by Crippen LogP contribution is 2.28. The van der Waals surface area contributed by atoms with E-state index >= 15 is 0 Å². The van der Waals surface area contributed by atoms with Gasteiger partial charge in [-0.2, -0.15) is 0 Å². The molecule has 2 heterocycles. The van der Waals surface area contributed by atoms with E-state index in [1.807, 2.05) is 18.7 Å². The zero-order chi connectivity index (χ0) is 14.8. The smallest absolute Gasteiger partial charge is 0.257 e. The normalized spacial score (nSPS) is 19.6. The molecule has 1 fully saturated rings. The van der Waals surface area contributed by atoms with Crippen LogP contribution in [0.5, 0.6) is 5.88 Å². The molecule has 1 saturated heterocycles. The molecule has 1 N–H and O–H groups in total. The van der Waals surface area contributed by atoms with Crippen molar-refractivity contribution in [2.75, 3.05) is 25.0 Å². The molecule has 1 aliphatic heterocycles. The van der Waals surface area contributed by atoms with Crippen molar-refractivity contribution in [2.24, 2.45) is 0 Å². The van der Waals surface area contributed by atoms with E-state index in [-0.39, 0.29) is 6.10 Å². The third-order valence-electron chi connectivity index (χ3n) is 3.16. The van der Waals surface area contributed by atoms with E-state index in [9.17, 15) is 8.42 Å². The van der Waals surface area contributed by atoms with Gasteiger partial charge in [0.25, 0.3) is 5.88 Å². The number of nitrogens with zero attached hydrogens (tertiary/aromatic N) is 3. The lowest BCUT2D eigenvalue weighted by molar-refractivity contribution is 0.232. The average Bonchev–Trinajstić information content (AvgIpc) is 2.89. The maximum Gasteiger partial charge on any atom is 0.257 e. The van der Waals surface area contributed by atoms with Gasteiger partial charge in [0.2, 0.25) is 10.0 Å². The Labute approximate surface area is 119 Å². The summed E-state index contributed by atoms with van der Waals surface area (Å²) >= 11 is 0. The number of sulfonamides is 1. The van der Waals surface area contributed by atoms with Gasteiger partial charge < -0.3 is 9.64 Å². The molecule has 1 aromatic rings. The fourth-order valence-electron chi connectivity index (χ4n) is 2.18. The third-order valence-corrected chi connectivity index (χ3v) is 4.99. The Morgan fingerprint density at radius 2 is 2.10 bits per heavy atom. The maximum atomic E-state index is 11.8. The fourth-order valence-corrected chi connectivity index (χ4v) is 3.31. The summed E-state index contributed by atoms with van der Waals surface area (Å²) in [5.41, 5.74) is 0. The van der Waals surface area contributed by atoms with E-state index in [0.29, 0.717) is 31.2 Å². The molecule has 0 aromatic carbocycles. The van der Waals surface area contributed by atoms with E-state index in [1.54, 1.807) is 12.4 Å². The van der Waals surface area contributed by atoms with Gasteiger partial charge in [-0.1, -0.05) is 0 Å². The van der Waals surface area contributed by atoms with Crippen LogP contribution >= 0.6 is 0 Å². The van der Waals surface area contributed by atoms with Gasteiger partial charge in [-0.3, -0.25) is 0 Å². The summed E-state index contributed by atoms with van der Waals surface area (Å²) in [7, 11) is -1.82. The summed E-state index contributed by atoms with van der Waals surface area (Å²) in [6.07, 6.45) is 3.72. The molecule has 0 amide bonds. The first-order chi connectivity index (χ1) is 9.44. The summed E-state index contributed by atoms with van der Waals surface area (Å²) in [4.78, 5) is 10.4. The van der Waals surface area contributed by atoms with Crippen LogP contribution in [0.2, 0.25) is 0 Å². The Morgan fingerprint density at radius 1 is 1.40 bits per heavy atom. The molecular weight excluding hydrogens is 280 g/mol. The SMILES string of the molecule is CNS(=O)(=O)C1CCN(c2nccnc2OC(C)C)C1. The van der Waals surface area contributed by atoms with E-state index in [4.69, 9.17) is 4.74 Å². The predicted molar refractivity (Wildman–Crippen MR) is 76.4 cm³/mol. The van der Waals surface area contributed by atoms with Crippen molar-refractivity contribution in [3.05, 3.63) is 12.4 Å². The van der Waals surface area contributed by atoms with E-state index in [0.717, 1.165) is 0 Å². The lowest BCUT2D eigenvalue weighted by atomic mass is 10.4. The second-order valence-corrected chi connectivity index (χ2v) is 7.12. The molecule has 2 rings (SSSR count). The van der Waals surface area contributed by atoms with Gasteiger partial charge >= 0.3 is 0 Å². The van der Waals surface area contributed by atoms with Crippen LogP contribution < -0.4 is 14.4 Å². The van der Waals surface area contributed by atoms with Crippen molar-refractivity contribution >= 4 is 15.8 Å². The van der Waals surface area contributed by atoms with Crippen LogP contribution in [-0.2, 0) is 10.0 Å². The van der Waals surface area contributed by atoms with Crippen molar-refractivity contribution in [3.8, 4) is 5.88 Å². The van der Waals surface area contributed by atoms with Crippen LogP contribution in [0, 0.1) is 0 Å². The summed E-state index contributed by atoms with van der Waals surface area (Å²) < 4.78 is 31.7. The van der Waals surface area contributed by atoms with Gasteiger partial charge in [0.15, 0.2) is 5.82 Å². The molecule has 1 unspecified atom stereocenters. The summed E-state index contributed by atoms with van der Waals surface area (Å²) in [5, 5.41) is -0.429. The molecule has 0 bridgehead atoms. The second-order valence-electron chi connectivity index (χ2n) is 4.96. The number of anilines is 1. The highest BCUT2D eigenvalue weighted by Gasteiger charge is 2.34. The molecule has 20 heavy (non-hydrogen) atoms. The molecular formula is C12H20N4O3S.